The highest BCUT2D eigenvalue weighted by atomic mass is 14.9. The topological polar surface area (TPSA) is 3.88 Å². The molecule has 1 nitrogen and oxygen atoms in total. The molecule has 0 atom stereocenters. The highest BCUT2D eigenvalue weighted by Crippen LogP contribution is 2.32. The predicted molar refractivity (Wildman–Crippen MR) is 115 cm³/mol. The molecule has 1 aromatic heterocycles. The van der Waals surface area contributed by atoms with E-state index >= 15 is 0 Å². The summed E-state index contributed by atoms with van der Waals surface area (Å²) in [5.41, 5.74) is 9.13. The van der Waals surface area contributed by atoms with Crippen molar-refractivity contribution in [3.8, 4) is 22.4 Å². The van der Waals surface area contributed by atoms with Crippen molar-refractivity contribution in [2.45, 2.75) is 27.2 Å². The van der Waals surface area contributed by atoms with Crippen molar-refractivity contribution in [1.82, 2.24) is 0 Å². The van der Waals surface area contributed by atoms with Crippen LogP contribution in [-0.4, -0.2) is 0 Å². The summed E-state index contributed by atoms with van der Waals surface area (Å²) < 4.78 is 2.33. The second-order valence-electron chi connectivity index (χ2n) is 7.36. The predicted octanol–water partition coefficient (Wildman–Crippen LogP) is 6.18. The van der Waals surface area contributed by atoms with Crippen LogP contribution >= 0.6 is 0 Å². The second-order valence-corrected chi connectivity index (χ2v) is 7.36. The minimum atomic E-state index is 1.05. The summed E-state index contributed by atoms with van der Waals surface area (Å²) >= 11 is 0. The maximum Gasteiger partial charge on any atom is 0.220 e. The Labute approximate surface area is 161 Å². The number of nitrogens with zero attached hydrogens (tertiary/aromatic N) is 1. The van der Waals surface area contributed by atoms with Gasteiger partial charge in [0.2, 0.25) is 5.69 Å². The first-order chi connectivity index (χ1) is 13.1. The first kappa shape index (κ1) is 17.5. The minimum Gasteiger partial charge on any atom is -0.198 e. The SMILES string of the molecule is CCc1ccc(C)c(-c2c3ccc(-c4ccccc4)cc3cc(C)[n+]2C)c1. The lowest BCUT2D eigenvalue weighted by atomic mass is 9.94. The Kier molecular flexibility index (Phi) is 4.53. The summed E-state index contributed by atoms with van der Waals surface area (Å²) in [6, 6.07) is 26.6. The normalized spacial score (nSPS) is 11.1. The molecule has 0 fully saturated rings. The van der Waals surface area contributed by atoms with E-state index in [-0.39, 0.29) is 0 Å². The molecular formula is C26H26N+. The lowest BCUT2D eigenvalue weighted by Crippen LogP contribution is -2.35. The van der Waals surface area contributed by atoms with E-state index in [1.165, 1.54) is 50.0 Å². The molecular weight excluding hydrogens is 326 g/mol. The Balaban J connectivity index is 2.00. The first-order valence-corrected chi connectivity index (χ1v) is 9.67. The quantitative estimate of drug-likeness (QED) is 0.388. The van der Waals surface area contributed by atoms with Gasteiger partial charge in [0.25, 0.3) is 0 Å². The third kappa shape index (κ3) is 3.14. The van der Waals surface area contributed by atoms with Crippen LogP contribution in [0, 0.1) is 13.8 Å². The molecule has 0 unspecified atom stereocenters. The van der Waals surface area contributed by atoms with E-state index in [2.05, 4.69) is 105 Å². The molecule has 4 aromatic rings. The Hall–Kier alpha value is -2.93. The molecule has 1 heterocycles. The molecule has 0 aliphatic heterocycles. The van der Waals surface area contributed by atoms with Gasteiger partial charge < -0.3 is 0 Å². The zero-order valence-corrected chi connectivity index (χ0v) is 16.6. The van der Waals surface area contributed by atoms with Crippen LogP contribution in [0.25, 0.3) is 33.2 Å². The van der Waals surface area contributed by atoms with Crippen molar-refractivity contribution in [3.63, 3.8) is 0 Å². The summed E-state index contributed by atoms with van der Waals surface area (Å²) in [7, 11) is 2.17. The minimum absolute atomic E-state index is 1.05. The number of fused-ring (bicyclic) bond motifs is 1. The fraction of sp³-hybridized carbons (Fsp3) is 0.192. The van der Waals surface area contributed by atoms with Crippen molar-refractivity contribution >= 4 is 10.8 Å². The lowest BCUT2D eigenvalue weighted by Gasteiger charge is -2.12. The van der Waals surface area contributed by atoms with Crippen LogP contribution in [0.3, 0.4) is 0 Å². The number of hydrogen-bond donors (Lipinski definition) is 0. The number of hydrogen-bond acceptors (Lipinski definition) is 0. The summed E-state index contributed by atoms with van der Waals surface area (Å²) in [6.45, 7) is 6.62. The molecule has 0 saturated heterocycles. The zero-order valence-electron chi connectivity index (χ0n) is 16.6. The Bertz CT molecular complexity index is 1120. The fourth-order valence-corrected chi connectivity index (χ4v) is 3.86. The van der Waals surface area contributed by atoms with Crippen molar-refractivity contribution in [1.29, 1.82) is 0 Å². The summed E-state index contributed by atoms with van der Waals surface area (Å²) in [6.07, 6.45) is 1.05. The van der Waals surface area contributed by atoms with Crippen LogP contribution in [-0.2, 0) is 13.5 Å². The van der Waals surface area contributed by atoms with Gasteiger partial charge in [0.1, 0.15) is 7.05 Å². The average Bonchev–Trinajstić information content (AvgIpc) is 2.70. The lowest BCUT2D eigenvalue weighted by molar-refractivity contribution is -0.665. The summed E-state index contributed by atoms with van der Waals surface area (Å²) in [4.78, 5) is 0. The van der Waals surface area contributed by atoms with E-state index in [1.54, 1.807) is 0 Å². The smallest absolute Gasteiger partial charge is 0.198 e. The van der Waals surface area contributed by atoms with Gasteiger partial charge in [-0.3, -0.25) is 0 Å². The third-order valence-corrected chi connectivity index (χ3v) is 5.61. The Morgan fingerprint density at radius 1 is 0.778 bits per heavy atom. The number of pyridine rings is 1. The number of benzene rings is 3. The second kappa shape index (κ2) is 7.00. The van der Waals surface area contributed by atoms with Gasteiger partial charge in [-0.25, -0.2) is 0 Å². The summed E-state index contributed by atoms with van der Waals surface area (Å²) in [5, 5.41) is 2.60. The first-order valence-electron chi connectivity index (χ1n) is 9.67. The van der Waals surface area contributed by atoms with E-state index in [0.717, 1.165) is 6.42 Å². The maximum absolute atomic E-state index is 2.36. The molecule has 27 heavy (non-hydrogen) atoms. The maximum atomic E-state index is 2.36. The zero-order chi connectivity index (χ0) is 19.0. The van der Waals surface area contributed by atoms with Gasteiger partial charge in [0, 0.05) is 18.6 Å². The van der Waals surface area contributed by atoms with Crippen LogP contribution in [0.15, 0.2) is 72.8 Å². The number of aryl methyl sites for hydroxylation is 3. The molecule has 4 rings (SSSR count). The van der Waals surface area contributed by atoms with Crippen molar-refractivity contribution < 1.29 is 4.57 Å². The van der Waals surface area contributed by atoms with Gasteiger partial charge in [0.15, 0.2) is 5.69 Å². The van der Waals surface area contributed by atoms with Crippen molar-refractivity contribution in [2.24, 2.45) is 7.05 Å². The number of rotatable bonds is 3. The van der Waals surface area contributed by atoms with E-state index in [9.17, 15) is 0 Å². The molecule has 0 bridgehead atoms. The standard InChI is InChI=1S/C26H26N/c1-5-20-12-11-18(2)25(16-20)26-24-14-13-22(21-9-7-6-8-10-21)17-23(24)15-19(3)27(26)4/h6-17H,5H2,1-4H3/q+1. The molecule has 0 aliphatic carbocycles. The van der Waals surface area contributed by atoms with Crippen molar-refractivity contribution in [2.75, 3.05) is 0 Å². The van der Waals surface area contributed by atoms with Crippen LogP contribution < -0.4 is 4.57 Å². The van der Waals surface area contributed by atoms with Crippen LogP contribution in [0.2, 0.25) is 0 Å². The summed E-state index contributed by atoms with van der Waals surface area (Å²) in [5.74, 6) is 0. The monoisotopic (exact) mass is 352 g/mol. The number of aromatic nitrogens is 1. The van der Waals surface area contributed by atoms with Gasteiger partial charge >= 0.3 is 0 Å². The molecule has 0 aliphatic rings. The van der Waals surface area contributed by atoms with Gasteiger partial charge in [-0.1, -0.05) is 55.5 Å². The molecule has 134 valence electrons. The highest BCUT2D eigenvalue weighted by molar-refractivity contribution is 5.96. The van der Waals surface area contributed by atoms with E-state index in [1.807, 2.05) is 0 Å². The Morgan fingerprint density at radius 3 is 2.30 bits per heavy atom. The molecule has 0 amide bonds. The highest BCUT2D eigenvalue weighted by Gasteiger charge is 2.20. The van der Waals surface area contributed by atoms with Gasteiger partial charge in [0.05, 0.1) is 5.39 Å². The van der Waals surface area contributed by atoms with Crippen LogP contribution in [0.5, 0.6) is 0 Å². The van der Waals surface area contributed by atoms with Crippen molar-refractivity contribution in [3.05, 3.63) is 89.6 Å². The fourth-order valence-electron chi connectivity index (χ4n) is 3.86. The van der Waals surface area contributed by atoms with Gasteiger partial charge in [-0.2, -0.15) is 4.57 Å². The van der Waals surface area contributed by atoms with E-state index < -0.39 is 0 Å². The largest absolute Gasteiger partial charge is 0.220 e. The van der Waals surface area contributed by atoms with Crippen LogP contribution in [0.1, 0.15) is 23.7 Å². The average molecular weight is 353 g/mol. The van der Waals surface area contributed by atoms with E-state index in [4.69, 9.17) is 0 Å². The molecule has 1 heteroatoms. The molecule has 0 spiro atoms. The Morgan fingerprint density at radius 2 is 1.56 bits per heavy atom. The van der Waals surface area contributed by atoms with Crippen LogP contribution in [0.4, 0.5) is 0 Å². The third-order valence-electron chi connectivity index (χ3n) is 5.61. The molecule has 0 N–H and O–H groups in total. The van der Waals surface area contributed by atoms with Gasteiger partial charge in [-0.05, 0) is 59.2 Å². The van der Waals surface area contributed by atoms with Gasteiger partial charge in [-0.15, -0.1) is 0 Å². The molecule has 0 saturated carbocycles. The molecule has 3 aromatic carbocycles. The molecule has 0 radical (unpaired) electrons. The van der Waals surface area contributed by atoms with E-state index in [0.29, 0.717) is 0 Å².